The summed E-state index contributed by atoms with van der Waals surface area (Å²) in [6.45, 7) is -1.47. The Kier molecular flexibility index (Phi) is 5.60. The van der Waals surface area contributed by atoms with Crippen LogP contribution < -0.4 is 15.0 Å². The summed E-state index contributed by atoms with van der Waals surface area (Å²) in [6, 6.07) is 8.44. The van der Waals surface area contributed by atoms with Gasteiger partial charge in [0.1, 0.15) is 23.7 Å². The van der Waals surface area contributed by atoms with Gasteiger partial charge in [0.2, 0.25) is 0 Å². The average Bonchev–Trinajstić information content (AvgIpc) is 3.09. The molecule has 1 aliphatic rings. The van der Waals surface area contributed by atoms with Gasteiger partial charge >= 0.3 is 6.61 Å². The summed E-state index contributed by atoms with van der Waals surface area (Å²) < 4.78 is 29.0. The summed E-state index contributed by atoms with van der Waals surface area (Å²) in [7, 11) is 0. The number of rotatable bonds is 7. The minimum Gasteiger partial charge on any atom is -0.435 e. The SMILES string of the molecule is OCC1CCCN1c1cc(NCc2cccc(OC(F)F)c2)ncn1. The van der Waals surface area contributed by atoms with E-state index in [4.69, 9.17) is 0 Å². The van der Waals surface area contributed by atoms with E-state index < -0.39 is 6.61 Å². The first-order valence-electron chi connectivity index (χ1n) is 8.13. The minimum absolute atomic E-state index is 0.0888. The normalized spacial score (nSPS) is 17.1. The van der Waals surface area contributed by atoms with Gasteiger partial charge in [0.25, 0.3) is 0 Å². The fourth-order valence-electron chi connectivity index (χ4n) is 2.95. The first-order valence-corrected chi connectivity index (χ1v) is 8.13. The number of hydrogen-bond acceptors (Lipinski definition) is 6. The van der Waals surface area contributed by atoms with Crippen LogP contribution in [0.4, 0.5) is 20.4 Å². The molecule has 0 spiro atoms. The van der Waals surface area contributed by atoms with Crippen molar-refractivity contribution in [2.45, 2.75) is 32.0 Å². The van der Waals surface area contributed by atoms with Gasteiger partial charge in [-0.2, -0.15) is 8.78 Å². The number of aliphatic hydroxyl groups is 1. The lowest BCUT2D eigenvalue weighted by Gasteiger charge is -2.24. The molecule has 0 bridgehead atoms. The van der Waals surface area contributed by atoms with Crippen LogP contribution >= 0.6 is 0 Å². The molecule has 134 valence electrons. The van der Waals surface area contributed by atoms with Crippen LogP contribution in [0, 0.1) is 0 Å². The standard InChI is InChI=1S/C17H20F2N4O2/c18-17(19)25-14-5-1-3-12(7-14)9-20-15-8-16(22-11-21-15)23-6-2-4-13(23)10-24/h1,3,5,7-8,11,13,17,24H,2,4,6,9-10H2,(H,20,21,22). The number of anilines is 2. The van der Waals surface area contributed by atoms with Crippen molar-refractivity contribution in [1.29, 1.82) is 0 Å². The summed E-state index contributed by atoms with van der Waals surface area (Å²) in [6.07, 6.45) is 3.44. The smallest absolute Gasteiger partial charge is 0.387 e. The number of aromatic nitrogens is 2. The second-order valence-corrected chi connectivity index (χ2v) is 5.81. The van der Waals surface area contributed by atoms with Gasteiger partial charge in [-0.3, -0.25) is 0 Å². The molecule has 1 atom stereocenters. The van der Waals surface area contributed by atoms with Crippen molar-refractivity contribution in [3.05, 3.63) is 42.2 Å². The lowest BCUT2D eigenvalue weighted by Crippen LogP contribution is -2.32. The second kappa shape index (κ2) is 8.06. The van der Waals surface area contributed by atoms with Gasteiger partial charge in [-0.25, -0.2) is 9.97 Å². The number of alkyl halides is 2. The third-order valence-corrected chi connectivity index (χ3v) is 4.13. The molecule has 6 nitrogen and oxygen atoms in total. The third-order valence-electron chi connectivity index (χ3n) is 4.13. The van der Waals surface area contributed by atoms with Crippen LogP contribution in [0.1, 0.15) is 18.4 Å². The summed E-state index contributed by atoms with van der Waals surface area (Å²) in [5, 5.41) is 12.6. The predicted octanol–water partition coefficient (Wildman–Crippen LogP) is 2.65. The fraction of sp³-hybridized carbons (Fsp3) is 0.412. The number of ether oxygens (including phenoxy) is 1. The summed E-state index contributed by atoms with van der Waals surface area (Å²) in [5.41, 5.74) is 0.799. The van der Waals surface area contributed by atoms with Crippen LogP contribution in [0.2, 0.25) is 0 Å². The van der Waals surface area contributed by atoms with Crippen molar-refractivity contribution in [3.63, 3.8) is 0 Å². The van der Waals surface area contributed by atoms with E-state index in [1.54, 1.807) is 12.1 Å². The highest BCUT2D eigenvalue weighted by Crippen LogP contribution is 2.25. The summed E-state index contributed by atoms with van der Waals surface area (Å²) in [4.78, 5) is 10.5. The first kappa shape index (κ1) is 17.3. The zero-order valence-electron chi connectivity index (χ0n) is 13.6. The van der Waals surface area contributed by atoms with Gasteiger partial charge in [0.05, 0.1) is 12.6 Å². The van der Waals surface area contributed by atoms with Gasteiger partial charge in [0, 0.05) is 19.2 Å². The predicted molar refractivity (Wildman–Crippen MR) is 89.9 cm³/mol. The molecule has 2 aromatic rings. The quantitative estimate of drug-likeness (QED) is 0.800. The molecular formula is C17H20F2N4O2. The molecule has 0 saturated carbocycles. The van der Waals surface area contributed by atoms with Crippen LogP contribution in [0.5, 0.6) is 5.75 Å². The molecule has 1 unspecified atom stereocenters. The van der Waals surface area contributed by atoms with Crippen molar-refractivity contribution in [2.75, 3.05) is 23.4 Å². The van der Waals surface area contributed by atoms with E-state index in [-0.39, 0.29) is 18.4 Å². The topological polar surface area (TPSA) is 70.5 Å². The minimum atomic E-state index is -2.84. The Labute approximate surface area is 144 Å². The van der Waals surface area contributed by atoms with Crippen LogP contribution in [-0.4, -0.2) is 40.9 Å². The van der Waals surface area contributed by atoms with Crippen molar-refractivity contribution in [1.82, 2.24) is 9.97 Å². The van der Waals surface area contributed by atoms with E-state index in [2.05, 4.69) is 24.9 Å². The van der Waals surface area contributed by atoms with E-state index in [9.17, 15) is 13.9 Å². The Balaban J connectivity index is 1.65. The molecular weight excluding hydrogens is 330 g/mol. The van der Waals surface area contributed by atoms with Crippen LogP contribution in [0.15, 0.2) is 36.7 Å². The van der Waals surface area contributed by atoms with E-state index >= 15 is 0 Å². The Morgan fingerprint density at radius 2 is 2.20 bits per heavy atom. The van der Waals surface area contributed by atoms with Crippen LogP contribution in [-0.2, 0) is 6.54 Å². The zero-order chi connectivity index (χ0) is 17.6. The van der Waals surface area contributed by atoms with Crippen LogP contribution in [0.3, 0.4) is 0 Å². The first-order chi connectivity index (χ1) is 12.2. The molecule has 1 aromatic heterocycles. The molecule has 1 aromatic carbocycles. The number of nitrogens with one attached hydrogen (secondary N) is 1. The van der Waals surface area contributed by atoms with Gasteiger partial charge in [-0.15, -0.1) is 0 Å². The molecule has 1 aliphatic heterocycles. The molecule has 2 heterocycles. The Bertz CT molecular complexity index is 702. The number of halogens is 2. The molecule has 0 radical (unpaired) electrons. The van der Waals surface area contributed by atoms with E-state index in [0.717, 1.165) is 30.8 Å². The zero-order valence-corrected chi connectivity index (χ0v) is 13.6. The Morgan fingerprint density at radius 1 is 1.32 bits per heavy atom. The van der Waals surface area contributed by atoms with Gasteiger partial charge in [0.15, 0.2) is 0 Å². The molecule has 0 amide bonds. The van der Waals surface area contributed by atoms with Gasteiger partial charge in [-0.1, -0.05) is 12.1 Å². The maximum atomic E-state index is 12.3. The second-order valence-electron chi connectivity index (χ2n) is 5.81. The molecule has 1 saturated heterocycles. The lowest BCUT2D eigenvalue weighted by molar-refractivity contribution is -0.0498. The monoisotopic (exact) mass is 350 g/mol. The molecule has 8 heteroatoms. The maximum Gasteiger partial charge on any atom is 0.387 e. The molecule has 3 rings (SSSR count). The highest BCUT2D eigenvalue weighted by atomic mass is 19.3. The molecule has 1 fully saturated rings. The largest absolute Gasteiger partial charge is 0.435 e. The van der Waals surface area contributed by atoms with Gasteiger partial charge in [-0.05, 0) is 30.5 Å². The number of nitrogens with zero attached hydrogens (tertiary/aromatic N) is 3. The fourth-order valence-corrected chi connectivity index (χ4v) is 2.95. The van der Waals surface area contributed by atoms with Crippen molar-refractivity contribution in [3.8, 4) is 5.75 Å². The van der Waals surface area contributed by atoms with E-state index in [0.29, 0.717) is 12.4 Å². The van der Waals surface area contributed by atoms with E-state index in [1.165, 1.54) is 12.4 Å². The van der Waals surface area contributed by atoms with Crippen molar-refractivity contribution < 1.29 is 18.6 Å². The molecule has 2 N–H and O–H groups in total. The summed E-state index contributed by atoms with van der Waals surface area (Å²) in [5.74, 6) is 1.53. The number of hydrogen-bond donors (Lipinski definition) is 2. The number of aliphatic hydroxyl groups excluding tert-OH is 1. The van der Waals surface area contributed by atoms with Crippen molar-refractivity contribution in [2.24, 2.45) is 0 Å². The lowest BCUT2D eigenvalue weighted by atomic mass is 10.2. The van der Waals surface area contributed by atoms with Crippen molar-refractivity contribution >= 4 is 11.6 Å². The Hall–Kier alpha value is -2.48. The van der Waals surface area contributed by atoms with E-state index in [1.807, 2.05) is 12.1 Å². The Morgan fingerprint density at radius 3 is 3.00 bits per heavy atom. The molecule has 0 aliphatic carbocycles. The highest BCUT2D eigenvalue weighted by Gasteiger charge is 2.25. The number of benzene rings is 1. The highest BCUT2D eigenvalue weighted by molar-refractivity contribution is 5.50. The molecule has 25 heavy (non-hydrogen) atoms. The average molecular weight is 350 g/mol. The summed E-state index contributed by atoms with van der Waals surface area (Å²) >= 11 is 0. The third kappa shape index (κ3) is 4.54. The van der Waals surface area contributed by atoms with Gasteiger partial charge < -0.3 is 20.1 Å². The maximum absolute atomic E-state index is 12.3. The van der Waals surface area contributed by atoms with Crippen LogP contribution in [0.25, 0.3) is 0 Å².